The van der Waals surface area contributed by atoms with E-state index in [1.165, 1.54) is 0 Å². The number of nitrogens with zero attached hydrogens (tertiary/aromatic N) is 4. The molecular weight excluding hydrogens is 501 g/mol. The minimum absolute atomic E-state index is 0. The topological polar surface area (TPSA) is 78.4 Å². The van der Waals surface area contributed by atoms with E-state index in [1.807, 2.05) is 18.2 Å². The number of piperazine rings is 1. The number of rotatable bonds is 7. The van der Waals surface area contributed by atoms with Crippen molar-refractivity contribution in [3.63, 3.8) is 0 Å². The van der Waals surface area contributed by atoms with E-state index >= 15 is 0 Å². The molecule has 0 saturated carbocycles. The normalized spacial score (nSPS) is 14.8. The minimum atomic E-state index is -3.59. The van der Waals surface area contributed by atoms with Crippen LogP contribution in [-0.4, -0.2) is 61.3 Å². The zero-order valence-corrected chi connectivity index (χ0v) is 20.6. The summed E-state index contributed by atoms with van der Waals surface area (Å²) in [6.45, 7) is 5.01. The number of aromatic nitrogens is 2. The number of anilines is 1. The Labute approximate surface area is 204 Å². The molecule has 2 heterocycles. The number of hydrogen-bond acceptors (Lipinski definition) is 7. The molecule has 1 aromatic heterocycles. The molecule has 1 fully saturated rings. The lowest BCUT2D eigenvalue weighted by atomic mass is 10.2. The van der Waals surface area contributed by atoms with Gasteiger partial charge >= 0.3 is 0 Å². The lowest BCUT2D eigenvalue weighted by molar-refractivity contribution is 0.255. The van der Waals surface area contributed by atoms with Crippen LogP contribution in [0.4, 0.5) is 5.69 Å². The molecule has 0 aliphatic carbocycles. The Balaban J connectivity index is 0.00000171. The quantitative estimate of drug-likeness (QED) is 0.475. The van der Waals surface area contributed by atoms with Gasteiger partial charge in [0, 0.05) is 43.4 Å². The van der Waals surface area contributed by atoms with E-state index < -0.39 is 10.0 Å². The van der Waals surface area contributed by atoms with Gasteiger partial charge < -0.3 is 4.90 Å². The van der Waals surface area contributed by atoms with Gasteiger partial charge in [0.25, 0.3) is 0 Å². The van der Waals surface area contributed by atoms with Gasteiger partial charge in [-0.15, -0.1) is 24.8 Å². The van der Waals surface area contributed by atoms with Gasteiger partial charge in [0.15, 0.2) is 0 Å². The Hall–Kier alpha value is -1.20. The summed E-state index contributed by atoms with van der Waals surface area (Å²) in [5.74, 6) is 0. The first-order valence-electron chi connectivity index (χ1n) is 9.47. The van der Waals surface area contributed by atoms with Crippen LogP contribution in [-0.2, 0) is 10.0 Å². The molecule has 0 amide bonds. The van der Waals surface area contributed by atoms with Crippen molar-refractivity contribution in [3.8, 4) is 0 Å². The van der Waals surface area contributed by atoms with Crippen molar-refractivity contribution in [3.05, 3.63) is 47.5 Å². The molecule has 1 aliphatic heterocycles. The lowest BCUT2D eigenvalue weighted by Gasteiger charge is -2.36. The molecule has 7 nitrogen and oxygen atoms in total. The smallest absolute Gasteiger partial charge is 0.242 e. The predicted octanol–water partition coefficient (Wildman–Crippen LogP) is 3.68. The number of fused-ring (bicyclic) bond motifs is 1. The molecule has 4 rings (SSSR count). The maximum Gasteiger partial charge on any atom is 0.242 e. The fourth-order valence-electron chi connectivity index (χ4n) is 3.49. The van der Waals surface area contributed by atoms with Crippen LogP contribution in [0.15, 0.2) is 47.4 Å². The van der Waals surface area contributed by atoms with Crippen LogP contribution in [0.25, 0.3) is 11.0 Å². The first kappa shape index (κ1) is 26.1. The van der Waals surface area contributed by atoms with E-state index in [2.05, 4.69) is 29.3 Å². The number of sulfonamides is 1. The summed E-state index contributed by atoms with van der Waals surface area (Å²) in [4.78, 5) is 4.88. The van der Waals surface area contributed by atoms with E-state index in [9.17, 15) is 8.42 Å². The van der Waals surface area contributed by atoms with Crippen molar-refractivity contribution < 1.29 is 8.42 Å². The highest BCUT2D eigenvalue weighted by Crippen LogP contribution is 2.22. The number of hydrogen-bond donors (Lipinski definition) is 1. The summed E-state index contributed by atoms with van der Waals surface area (Å²) >= 11 is 7.10. The van der Waals surface area contributed by atoms with Crippen LogP contribution >= 0.6 is 48.1 Å². The Kier molecular flexibility index (Phi) is 9.75. The minimum Gasteiger partial charge on any atom is -0.369 e. The van der Waals surface area contributed by atoms with Crippen LogP contribution in [0.3, 0.4) is 0 Å². The molecule has 0 bridgehead atoms. The van der Waals surface area contributed by atoms with Gasteiger partial charge in [0.05, 0.1) is 11.7 Å². The third-order valence-corrected chi connectivity index (χ3v) is 7.30. The molecule has 0 atom stereocenters. The molecule has 31 heavy (non-hydrogen) atoms. The lowest BCUT2D eigenvalue weighted by Crippen LogP contribution is -2.47. The van der Waals surface area contributed by atoms with Crippen molar-refractivity contribution >= 4 is 74.9 Å². The van der Waals surface area contributed by atoms with Gasteiger partial charge in [-0.3, -0.25) is 4.90 Å². The molecule has 0 spiro atoms. The summed E-state index contributed by atoms with van der Waals surface area (Å²) < 4.78 is 36.1. The predicted molar refractivity (Wildman–Crippen MR) is 132 cm³/mol. The van der Waals surface area contributed by atoms with Crippen LogP contribution in [0.2, 0.25) is 5.02 Å². The molecule has 0 radical (unpaired) electrons. The standard InChI is InChI=1S/C19H22ClN5O2S2.2ClH/c20-15-4-1-5-16(14-15)25-12-10-24(11-13-25)9-3-8-21-29(26,27)18-7-2-6-17-19(18)23-28-22-17;;/h1-2,4-7,14,21H,3,8-13H2;2*1H. The molecule has 2 aromatic carbocycles. The van der Waals surface area contributed by atoms with E-state index in [-0.39, 0.29) is 29.7 Å². The van der Waals surface area contributed by atoms with Gasteiger partial charge in [-0.1, -0.05) is 23.7 Å². The van der Waals surface area contributed by atoms with E-state index in [0.29, 0.717) is 17.6 Å². The Morgan fingerprint density at radius 2 is 1.77 bits per heavy atom. The van der Waals surface area contributed by atoms with Gasteiger partial charge in [-0.05, 0) is 43.3 Å². The first-order valence-corrected chi connectivity index (χ1v) is 12.1. The van der Waals surface area contributed by atoms with Crippen LogP contribution in [0.5, 0.6) is 0 Å². The third-order valence-electron chi connectivity index (χ3n) is 5.03. The zero-order valence-electron chi connectivity index (χ0n) is 16.6. The summed E-state index contributed by atoms with van der Waals surface area (Å²) in [6, 6.07) is 12.9. The molecule has 170 valence electrons. The molecule has 1 saturated heterocycles. The van der Waals surface area contributed by atoms with Gasteiger partial charge in [0.1, 0.15) is 15.9 Å². The van der Waals surface area contributed by atoms with Crippen LogP contribution in [0.1, 0.15) is 6.42 Å². The average Bonchev–Trinajstić information content (AvgIpc) is 3.20. The molecule has 0 unspecified atom stereocenters. The Morgan fingerprint density at radius 1 is 1.03 bits per heavy atom. The maximum atomic E-state index is 12.6. The third kappa shape index (κ3) is 6.41. The number of nitrogens with one attached hydrogen (secondary N) is 1. The molecule has 3 aromatic rings. The summed E-state index contributed by atoms with van der Waals surface area (Å²) in [5, 5.41) is 0.751. The summed E-state index contributed by atoms with van der Waals surface area (Å²) in [6.07, 6.45) is 0.752. The molecule has 1 aliphatic rings. The monoisotopic (exact) mass is 523 g/mol. The average molecular weight is 525 g/mol. The molecule has 1 N–H and O–H groups in total. The first-order chi connectivity index (χ1) is 14.0. The van der Waals surface area contributed by atoms with Gasteiger partial charge in [-0.25, -0.2) is 13.1 Å². The second kappa shape index (κ2) is 11.6. The van der Waals surface area contributed by atoms with E-state index in [0.717, 1.165) is 61.6 Å². The highest BCUT2D eigenvalue weighted by Gasteiger charge is 2.20. The SMILES string of the molecule is Cl.Cl.O=S(=O)(NCCCN1CCN(c2cccc(Cl)c2)CC1)c1cccc2nsnc12. The fourth-order valence-corrected chi connectivity index (χ4v) is 5.51. The molecule has 12 heteroatoms. The zero-order chi connectivity index (χ0) is 20.3. The number of benzene rings is 2. The largest absolute Gasteiger partial charge is 0.369 e. The van der Waals surface area contributed by atoms with Crippen LogP contribution < -0.4 is 9.62 Å². The Bertz CT molecular complexity index is 1090. The van der Waals surface area contributed by atoms with Crippen molar-refractivity contribution in [1.82, 2.24) is 18.4 Å². The Morgan fingerprint density at radius 3 is 2.52 bits per heavy atom. The van der Waals surface area contributed by atoms with Crippen molar-refractivity contribution in [1.29, 1.82) is 0 Å². The summed E-state index contributed by atoms with van der Waals surface area (Å²) in [5.41, 5.74) is 2.19. The second-order valence-electron chi connectivity index (χ2n) is 6.95. The van der Waals surface area contributed by atoms with Gasteiger partial charge in [-0.2, -0.15) is 8.75 Å². The van der Waals surface area contributed by atoms with Crippen molar-refractivity contribution in [2.75, 3.05) is 44.2 Å². The van der Waals surface area contributed by atoms with Gasteiger partial charge in [0.2, 0.25) is 10.0 Å². The molecular formula is C19H24Cl3N5O2S2. The van der Waals surface area contributed by atoms with E-state index in [4.69, 9.17) is 11.6 Å². The van der Waals surface area contributed by atoms with Crippen molar-refractivity contribution in [2.24, 2.45) is 0 Å². The summed E-state index contributed by atoms with van der Waals surface area (Å²) in [7, 11) is -3.59. The maximum absolute atomic E-state index is 12.6. The number of halogens is 3. The van der Waals surface area contributed by atoms with Crippen molar-refractivity contribution in [2.45, 2.75) is 11.3 Å². The second-order valence-corrected chi connectivity index (χ2v) is 9.65. The fraction of sp³-hybridized carbons (Fsp3) is 0.368. The van der Waals surface area contributed by atoms with Crippen LogP contribution in [0, 0.1) is 0 Å². The highest BCUT2D eigenvalue weighted by molar-refractivity contribution is 7.89. The highest BCUT2D eigenvalue weighted by atomic mass is 35.5. The van der Waals surface area contributed by atoms with E-state index in [1.54, 1.807) is 18.2 Å².